The molecule has 0 radical (unpaired) electrons. The van der Waals surface area contributed by atoms with Crippen LogP contribution in [0.2, 0.25) is 0 Å². The normalized spacial score (nSPS) is 33.6. The highest BCUT2D eigenvalue weighted by Crippen LogP contribution is 2.43. The molecule has 21 heavy (non-hydrogen) atoms. The molecule has 3 unspecified atom stereocenters. The lowest BCUT2D eigenvalue weighted by atomic mass is 9.90. The molecule has 3 fully saturated rings. The van der Waals surface area contributed by atoms with E-state index in [0.29, 0.717) is 24.5 Å². The molecule has 0 aromatic carbocycles. The largest absolute Gasteiger partial charge is 0.480 e. The zero-order chi connectivity index (χ0) is 15.0. The van der Waals surface area contributed by atoms with Crippen LogP contribution >= 0.6 is 0 Å². The van der Waals surface area contributed by atoms with Crippen LogP contribution in [0.3, 0.4) is 0 Å². The number of carboxylic acids is 1. The van der Waals surface area contributed by atoms with E-state index in [1.165, 1.54) is 0 Å². The maximum absolute atomic E-state index is 12.1. The zero-order valence-corrected chi connectivity index (χ0v) is 13.2. The van der Waals surface area contributed by atoms with Crippen molar-refractivity contribution in [1.82, 2.24) is 10.2 Å². The predicted octanol–water partition coefficient (Wildman–Crippen LogP) is 1.47. The average molecular weight is 296 g/mol. The molecule has 3 rings (SSSR count). The summed E-state index contributed by atoms with van der Waals surface area (Å²) >= 11 is 0. The molecule has 0 aromatic heterocycles. The third kappa shape index (κ3) is 3.25. The monoisotopic (exact) mass is 296 g/mol. The van der Waals surface area contributed by atoms with Gasteiger partial charge < -0.3 is 9.84 Å². The Bertz CT molecular complexity index is 395. The van der Waals surface area contributed by atoms with Crippen LogP contribution in [0.25, 0.3) is 0 Å². The minimum absolute atomic E-state index is 0.194. The van der Waals surface area contributed by atoms with Crippen molar-refractivity contribution in [2.75, 3.05) is 19.7 Å². The van der Waals surface area contributed by atoms with Gasteiger partial charge in [-0.3, -0.25) is 15.0 Å². The van der Waals surface area contributed by atoms with Crippen LogP contribution in [0.5, 0.6) is 0 Å². The lowest BCUT2D eigenvalue weighted by Crippen LogP contribution is -2.64. The molecule has 1 heterocycles. The molecular weight excluding hydrogens is 268 g/mol. The second kappa shape index (κ2) is 5.86. The van der Waals surface area contributed by atoms with E-state index in [9.17, 15) is 9.90 Å². The van der Waals surface area contributed by atoms with Crippen LogP contribution < -0.4 is 5.32 Å². The summed E-state index contributed by atoms with van der Waals surface area (Å²) in [6.07, 6.45) is 5.54. The fourth-order valence-corrected chi connectivity index (χ4v) is 3.57. The van der Waals surface area contributed by atoms with Crippen molar-refractivity contribution in [2.24, 2.45) is 5.92 Å². The Kier molecular flexibility index (Phi) is 4.26. The number of ether oxygens (including phenoxy) is 1. The van der Waals surface area contributed by atoms with Gasteiger partial charge in [-0.05, 0) is 44.9 Å². The van der Waals surface area contributed by atoms with Gasteiger partial charge in [0.2, 0.25) is 0 Å². The van der Waals surface area contributed by atoms with E-state index in [1.807, 2.05) is 0 Å². The smallest absolute Gasteiger partial charge is 0.325 e. The first-order chi connectivity index (χ1) is 10.0. The molecule has 2 N–H and O–H groups in total. The molecular formula is C16H28N2O3. The van der Waals surface area contributed by atoms with E-state index in [2.05, 4.69) is 24.1 Å². The van der Waals surface area contributed by atoms with Gasteiger partial charge in [-0.15, -0.1) is 0 Å². The molecule has 1 aliphatic heterocycles. The fourth-order valence-electron chi connectivity index (χ4n) is 3.57. The van der Waals surface area contributed by atoms with E-state index in [-0.39, 0.29) is 6.10 Å². The Balaban J connectivity index is 1.77. The van der Waals surface area contributed by atoms with E-state index in [1.54, 1.807) is 0 Å². The van der Waals surface area contributed by atoms with Gasteiger partial charge in [0.05, 0.1) is 12.7 Å². The van der Waals surface area contributed by atoms with Crippen LogP contribution in [0.1, 0.15) is 46.0 Å². The molecule has 5 heteroatoms. The number of carbonyl (C=O) groups is 1. The number of rotatable bonds is 7. The quantitative estimate of drug-likeness (QED) is 0.745. The standard InChI is InChI=1S/C16H28N2O3/c1-3-14-9-21-11(2)8-18(14)10-16(15(19)20,12-4-5-12)17-13-6-7-13/h11-14,17H,3-10H2,1-2H3,(H,19,20). The van der Waals surface area contributed by atoms with Crippen molar-refractivity contribution in [1.29, 1.82) is 0 Å². The third-order valence-electron chi connectivity index (χ3n) is 5.20. The number of nitrogens with one attached hydrogen (secondary N) is 1. The Morgan fingerprint density at radius 2 is 2.10 bits per heavy atom. The highest BCUT2D eigenvalue weighted by Gasteiger charge is 2.54. The van der Waals surface area contributed by atoms with Gasteiger partial charge in [-0.1, -0.05) is 6.92 Å². The summed E-state index contributed by atoms with van der Waals surface area (Å²) in [5.41, 5.74) is -0.744. The Morgan fingerprint density at radius 3 is 2.62 bits per heavy atom. The predicted molar refractivity (Wildman–Crippen MR) is 80.3 cm³/mol. The summed E-state index contributed by atoms with van der Waals surface area (Å²) in [6, 6.07) is 0.764. The molecule has 0 aromatic rings. The molecule has 3 atom stereocenters. The van der Waals surface area contributed by atoms with Crippen molar-refractivity contribution in [2.45, 2.75) is 69.7 Å². The Morgan fingerprint density at radius 1 is 1.38 bits per heavy atom. The summed E-state index contributed by atoms with van der Waals surface area (Å²) in [7, 11) is 0. The SMILES string of the molecule is CCC1COC(C)CN1CC(NC1CC1)(C(=O)O)C1CC1. The molecule has 0 bridgehead atoms. The number of hydrogen-bond acceptors (Lipinski definition) is 4. The maximum Gasteiger partial charge on any atom is 0.325 e. The molecule has 0 spiro atoms. The van der Waals surface area contributed by atoms with Crippen molar-refractivity contribution in [3.63, 3.8) is 0 Å². The van der Waals surface area contributed by atoms with Gasteiger partial charge in [0.15, 0.2) is 0 Å². The van der Waals surface area contributed by atoms with Crippen molar-refractivity contribution < 1.29 is 14.6 Å². The topological polar surface area (TPSA) is 61.8 Å². The van der Waals surface area contributed by atoms with Crippen molar-refractivity contribution >= 4 is 5.97 Å². The summed E-state index contributed by atoms with van der Waals surface area (Å²) in [4.78, 5) is 14.5. The molecule has 2 saturated carbocycles. The number of morpholine rings is 1. The lowest BCUT2D eigenvalue weighted by Gasteiger charge is -2.43. The number of carboxylic acid groups (broad SMARTS) is 1. The van der Waals surface area contributed by atoms with Crippen LogP contribution in [0.15, 0.2) is 0 Å². The molecule has 3 aliphatic rings. The Labute approximate surface area is 127 Å². The minimum atomic E-state index is -0.744. The van der Waals surface area contributed by atoms with Gasteiger partial charge in [0.25, 0.3) is 0 Å². The van der Waals surface area contributed by atoms with Crippen molar-refractivity contribution in [3.8, 4) is 0 Å². The molecule has 2 aliphatic carbocycles. The first-order valence-corrected chi connectivity index (χ1v) is 8.42. The number of nitrogens with zero attached hydrogens (tertiary/aromatic N) is 1. The number of aliphatic carboxylic acids is 1. The van der Waals surface area contributed by atoms with Crippen molar-refractivity contribution in [3.05, 3.63) is 0 Å². The van der Waals surface area contributed by atoms with Gasteiger partial charge in [0.1, 0.15) is 5.54 Å². The molecule has 120 valence electrons. The highest BCUT2D eigenvalue weighted by molar-refractivity contribution is 5.80. The van der Waals surface area contributed by atoms with Gasteiger partial charge in [-0.2, -0.15) is 0 Å². The third-order valence-corrected chi connectivity index (χ3v) is 5.20. The van der Waals surface area contributed by atoms with Crippen LogP contribution in [0.4, 0.5) is 0 Å². The molecule has 5 nitrogen and oxygen atoms in total. The second-order valence-electron chi connectivity index (χ2n) is 7.10. The van der Waals surface area contributed by atoms with Crippen LogP contribution in [-0.4, -0.2) is 59.4 Å². The van der Waals surface area contributed by atoms with E-state index in [4.69, 9.17) is 4.74 Å². The highest BCUT2D eigenvalue weighted by atomic mass is 16.5. The maximum atomic E-state index is 12.1. The van der Waals surface area contributed by atoms with E-state index < -0.39 is 11.5 Å². The zero-order valence-electron chi connectivity index (χ0n) is 13.2. The molecule has 0 amide bonds. The summed E-state index contributed by atoms with van der Waals surface area (Å²) in [6.45, 7) is 6.42. The van der Waals surface area contributed by atoms with Gasteiger partial charge in [-0.25, -0.2) is 0 Å². The number of hydrogen-bond donors (Lipinski definition) is 2. The summed E-state index contributed by atoms with van der Waals surface area (Å²) < 4.78 is 5.75. The van der Waals surface area contributed by atoms with E-state index in [0.717, 1.165) is 45.3 Å². The summed E-state index contributed by atoms with van der Waals surface area (Å²) in [5, 5.41) is 13.4. The first-order valence-electron chi connectivity index (χ1n) is 8.42. The molecule has 1 saturated heterocycles. The first kappa shape index (κ1) is 15.3. The van der Waals surface area contributed by atoms with E-state index >= 15 is 0 Å². The summed E-state index contributed by atoms with van der Waals surface area (Å²) in [5.74, 6) is -0.364. The van der Waals surface area contributed by atoms with Gasteiger partial charge in [0, 0.05) is 25.2 Å². The van der Waals surface area contributed by atoms with Gasteiger partial charge >= 0.3 is 5.97 Å². The lowest BCUT2D eigenvalue weighted by molar-refractivity contribution is -0.149. The average Bonchev–Trinajstić information content (AvgIpc) is 3.31. The Hall–Kier alpha value is -0.650. The second-order valence-corrected chi connectivity index (χ2v) is 7.10. The fraction of sp³-hybridized carbons (Fsp3) is 0.938. The van der Waals surface area contributed by atoms with Crippen LogP contribution in [0, 0.1) is 5.92 Å². The minimum Gasteiger partial charge on any atom is -0.480 e. The van der Waals surface area contributed by atoms with Crippen LogP contribution in [-0.2, 0) is 9.53 Å².